The van der Waals surface area contributed by atoms with Crippen LogP contribution in [0.5, 0.6) is 0 Å². The van der Waals surface area contributed by atoms with Gasteiger partial charge in [0, 0.05) is 23.1 Å². The zero-order valence-electron chi connectivity index (χ0n) is 15.8. The molecule has 0 saturated carbocycles. The van der Waals surface area contributed by atoms with E-state index in [-0.39, 0.29) is 17.6 Å². The van der Waals surface area contributed by atoms with E-state index in [0.29, 0.717) is 17.1 Å². The summed E-state index contributed by atoms with van der Waals surface area (Å²) >= 11 is 1.24. The van der Waals surface area contributed by atoms with Crippen molar-refractivity contribution in [1.29, 1.82) is 5.41 Å². The van der Waals surface area contributed by atoms with Crippen LogP contribution in [0.15, 0.2) is 60.0 Å². The van der Waals surface area contributed by atoms with E-state index in [2.05, 4.69) is 15.6 Å². The Bertz CT molecular complexity index is 1020. The molecule has 2 aromatic carbocycles. The lowest BCUT2D eigenvalue weighted by molar-refractivity contribution is -0.122. The van der Waals surface area contributed by atoms with Crippen molar-refractivity contribution in [2.45, 2.75) is 19.5 Å². The number of benzene rings is 2. The lowest BCUT2D eigenvalue weighted by Gasteiger charge is -2.13. The molecule has 2 amide bonds. The highest BCUT2D eigenvalue weighted by Gasteiger charge is 2.19. The van der Waals surface area contributed by atoms with Crippen LogP contribution < -0.4 is 16.4 Å². The molecule has 0 unspecified atom stereocenters. The molecule has 8 heteroatoms. The summed E-state index contributed by atoms with van der Waals surface area (Å²) in [6.45, 7) is 1.93. The molecule has 5 N–H and O–H groups in total. The Morgan fingerprint density at radius 1 is 1.14 bits per heavy atom. The number of aromatic nitrogens is 1. The smallest absolute Gasteiger partial charge is 0.280 e. The second-order valence-electron chi connectivity index (χ2n) is 6.43. The molecule has 0 radical (unpaired) electrons. The van der Waals surface area contributed by atoms with Crippen molar-refractivity contribution in [3.63, 3.8) is 0 Å². The monoisotopic (exact) mass is 407 g/mol. The minimum Gasteiger partial charge on any atom is -0.384 e. The summed E-state index contributed by atoms with van der Waals surface area (Å²) in [5.74, 6) is -0.686. The zero-order chi connectivity index (χ0) is 20.8. The fourth-order valence-electron chi connectivity index (χ4n) is 2.59. The Morgan fingerprint density at radius 3 is 2.48 bits per heavy atom. The number of amidine groups is 1. The van der Waals surface area contributed by atoms with Crippen LogP contribution in [0, 0.1) is 5.41 Å². The van der Waals surface area contributed by atoms with Gasteiger partial charge in [0.05, 0.1) is 5.69 Å². The van der Waals surface area contributed by atoms with Crippen molar-refractivity contribution in [3.8, 4) is 11.3 Å². The summed E-state index contributed by atoms with van der Waals surface area (Å²) in [5.41, 5.74) is 8.58. The molecule has 1 atom stereocenters. The van der Waals surface area contributed by atoms with Crippen molar-refractivity contribution in [2.24, 2.45) is 5.73 Å². The maximum absolute atomic E-state index is 12.4. The molecule has 1 aromatic heterocycles. The van der Waals surface area contributed by atoms with E-state index in [1.165, 1.54) is 11.3 Å². The quantitative estimate of drug-likeness (QED) is 0.355. The van der Waals surface area contributed by atoms with E-state index in [4.69, 9.17) is 11.1 Å². The number of carbonyl (C=O) groups excluding carboxylic acids is 2. The molecule has 0 aliphatic rings. The molecule has 0 aliphatic heterocycles. The number of amides is 2. The third-order valence-corrected chi connectivity index (χ3v) is 5.08. The fourth-order valence-corrected chi connectivity index (χ4v) is 3.32. The Morgan fingerprint density at radius 2 is 1.83 bits per heavy atom. The molecule has 3 rings (SSSR count). The first kappa shape index (κ1) is 20.2. The molecule has 7 nitrogen and oxygen atoms in total. The maximum Gasteiger partial charge on any atom is 0.280 e. The van der Waals surface area contributed by atoms with Crippen LogP contribution in [0.2, 0.25) is 0 Å². The van der Waals surface area contributed by atoms with E-state index >= 15 is 0 Å². The van der Waals surface area contributed by atoms with Gasteiger partial charge in [0.1, 0.15) is 11.9 Å². The van der Waals surface area contributed by atoms with E-state index < -0.39 is 6.04 Å². The number of carbonyl (C=O) groups is 2. The van der Waals surface area contributed by atoms with Gasteiger partial charge in [0.2, 0.25) is 5.91 Å². The Balaban J connectivity index is 1.53. The van der Waals surface area contributed by atoms with Crippen molar-refractivity contribution in [2.75, 3.05) is 0 Å². The number of hydrogen-bond donors (Lipinski definition) is 4. The second kappa shape index (κ2) is 9.11. The summed E-state index contributed by atoms with van der Waals surface area (Å²) < 4.78 is 0. The van der Waals surface area contributed by atoms with Gasteiger partial charge in [-0.1, -0.05) is 54.6 Å². The van der Waals surface area contributed by atoms with Gasteiger partial charge in [-0.05, 0) is 12.5 Å². The number of thiazole rings is 1. The highest BCUT2D eigenvalue weighted by Crippen LogP contribution is 2.21. The molecule has 1 heterocycles. The first-order valence-corrected chi connectivity index (χ1v) is 9.85. The molecular formula is C21H21N5O2S. The number of nitrogens with two attached hydrogens (primary N) is 1. The summed E-state index contributed by atoms with van der Waals surface area (Å²) in [4.78, 5) is 29.0. The Kier molecular flexibility index (Phi) is 6.36. The van der Waals surface area contributed by atoms with Crippen LogP contribution in [-0.2, 0) is 11.3 Å². The number of nitrogens with one attached hydrogen (secondary N) is 3. The molecule has 29 heavy (non-hydrogen) atoms. The molecule has 3 aromatic rings. The first-order valence-electron chi connectivity index (χ1n) is 8.97. The predicted molar refractivity (Wildman–Crippen MR) is 114 cm³/mol. The predicted octanol–water partition coefficient (Wildman–Crippen LogP) is 2.53. The molecular weight excluding hydrogens is 386 g/mol. The molecule has 148 valence electrons. The van der Waals surface area contributed by atoms with Crippen LogP contribution in [0.25, 0.3) is 11.3 Å². The van der Waals surface area contributed by atoms with Gasteiger partial charge < -0.3 is 16.4 Å². The van der Waals surface area contributed by atoms with Crippen molar-refractivity contribution in [3.05, 3.63) is 76.1 Å². The molecule has 0 bridgehead atoms. The van der Waals surface area contributed by atoms with Gasteiger partial charge in [-0.3, -0.25) is 15.0 Å². The topological polar surface area (TPSA) is 121 Å². The normalized spacial score (nSPS) is 11.5. The number of rotatable bonds is 7. The van der Waals surface area contributed by atoms with E-state index in [1.54, 1.807) is 31.2 Å². The lowest BCUT2D eigenvalue weighted by atomic mass is 10.1. The average Bonchev–Trinajstić information content (AvgIpc) is 3.23. The van der Waals surface area contributed by atoms with Crippen molar-refractivity contribution in [1.82, 2.24) is 15.6 Å². The van der Waals surface area contributed by atoms with E-state index in [0.717, 1.165) is 16.8 Å². The SMILES string of the molecule is C[C@H](NC(=O)c1nc(-c2ccccc2)cs1)C(=O)NCc1ccc(C(=N)N)cc1. The van der Waals surface area contributed by atoms with Gasteiger partial charge in [-0.25, -0.2) is 4.98 Å². The minimum atomic E-state index is -0.705. The van der Waals surface area contributed by atoms with Crippen molar-refractivity contribution < 1.29 is 9.59 Å². The molecule has 0 aliphatic carbocycles. The zero-order valence-corrected chi connectivity index (χ0v) is 16.6. The molecule has 0 spiro atoms. The lowest BCUT2D eigenvalue weighted by Crippen LogP contribution is -2.44. The Hall–Kier alpha value is -3.52. The first-order chi connectivity index (χ1) is 13.9. The second-order valence-corrected chi connectivity index (χ2v) is 7.29. The summed E-state index contributed by atoms with van der Waals surface area (Å²) in [6, 6.07) is 15.9. The standard InChI is InChI=1S/C21H21N5O2S/c1-13(19(27)24-11-14-7-9-16(10-8-14)18(22)23)25-20(28)21-26-17(12-29-21)15-5-3-2-4-6-15/h2-10,12-13H,11H2,1H3,(H3,22,23)(H,24,27)(H,25,28)/t13-/m0/s1. The number of hydrogen-bond acceptors (Lipinski definition) is 5. The van der Waals surface area contributed by atoms with Gasteiger partial charge in [-0.2, -0.15) is 0 Å². The minimum absolute atomic E-state index is 0.00507. The number of nitrogen functional groups attached to an aromatic ring is 1. The van der Waals surface area contributed by atoms with E-state index in [9.17, 15) is 9.59 Å². The van der Waals surface area contributed by atoms with Gasteiger partial charge in [0.15, 0.2) is 5.01 Å². The summed E-state index contributed by atoms with van der Waals surface area (Å²) in [6.07, 6.45) is 0. The highest BCUT2D eigenvalue weighted by atomic mass is 32.1. The van der Waals surface area contributed by atoms with Crippen LogP contribution in [-0.4, -0.2) is 28.7 Å². The summed E-state index contributed by atoms with van der Waals surface area (Å²) in [7, 11) is 0. The fraction of sp³-hybridized carbons (Fsp3) is 0.143. The van der Waals surface area contributed by atoms with Crippen LogP contribution >= 0.6 is 11.3 Å². The summed E-state index contributed by atoms with van der Waals surface area (Å²) in [5, 5.41) is 15.0. The van der Waals surface area contributed by atoms with Crippen LogP contribution in [0.3, 0.4) is 0 Å². The molecule has 0 fully saturated rings. The van der Waals surface area contributed by atoms with Gasteiger partial charge in [-0.15, -0.1) is 11.3 Å². The third-order valence-electron chi connectivity index (χ3n) is 4.24. The number of nitrogens with zero attached hydrogens (tertiary/aromatic N) is 1. The van der Waals surface area contributed by atoms with Crippen molar-refractivity contribution >= 4 is 29.0 Å². The van der Waals surface area contributed by atoms with Crippen LogP contribution in [0.1, 0.15) is 27.9 Å². The largest absolute Gasteiger partial charge is 0.384 e. The van der Waals surface area contributed by atoms with Gasteiger partial charge >= 0.3 is 0 Å². The molecule has 0 saturated heterocycles. The Labute approximate surface area is 172 Å². The average molecular weight is 407 g/mol. The maximum atomic E-state index is 12.4. The third kappa shape index (κ3) is 5.26. The van der Waals surface area contributed by atoms with Crippen LogP contribution in [0.4, 0.5) is 0 Å². The highest BCUT2D eigenvalue weighted by molar-refractivity contribution is 7.12. The van der Waals surface area contributed by atoms with E-state index in [1.807, 2.05) is 35.7 Å². The van der Waals surface area contributed by atoms with Gasteiger partial charge in [0.25, 0.3) is 5.91 Å².